The van der Waals surface area contributed by atoms with E-state index in [1.165, 1.54) is 5.56 Å². The maximum atomic E-state index is 12.8. The number of likely N-dealkylation sites (tertiary alicyclic amines) is 1. The third-order valence-electron chi connectivity index (χ3n) is 9.71. The van der Waals surface area contributed by atoms with Crippen molar-refractivity contribution in [3.05, 3.63) is 71.5 Å². The molecule has 0 spiro atoms. The molecule has 0 saturated carbocycles. The molecule has 293 valence electrons. The summed E-state index contributed by atoms with van der Waals surface area (Å²) in [6.45, 7) is 39.0. The second-order valence-electron chi connectivity index (χ2n) is 18.5. The van der Waals surface area contributed by atoms with Gasteiger partial charge < -0.3 is 33.7 Å². The quantitative estimate of drug-likeness (QED) is 0.186. The summed E-state index contributed by atoms with van der Waals surface area (Å²) in [5.74, 6) is 1.74. The number of piperidine rings is 1. The number of phenolic OH excluding ortho intramolecular Hbond substituents is 2. The molecule has 51 heavy (non-hydrogen) atoms. The third kappa shape index (κ3) is 13.9. The zero-order valence-corrected chi connectivity index (χ0v) is 35.6. The maximum absolute atomic E-state index is 12.8. The number of aromatic hydroxyl groups is 2. The van der Waals surface area contributed by atoms with Gasteiger partial charge in [0.2, 0.25) is 0 Å². The Morgan fingerprint density at radius 3 is 1.55 bits per heavy atom. The van der Waals surface area contributed by atoms with E-state index in [0.29, 0.717) is 36.2 Å². The van der Waals surface area contributed by atoms with Crippen molar-refractivity contribution in [1.29, 1.82) is 0 Å². The predicted octanol–water partition coefficient (Wildman–Crippen LogP) is 10.4. The van der Waals surface area contributed by atoms with Gasteiger partial charge in [0.05, 0.1) is 0 Å². The van der Waals surface area contributed by atoms with Crippen LogP contribution in [0.25, 0.3) is 0 Å². The first-order valence-corrected chi connectivity index (χ1v) is 19.1. The molecule has 1 heterocycles. The fraction of sp³-hybridized carbons (Fsp3) is 0.659. The molecular weight excluding hydrogens is 681 g/mol. The van der Waals surface area contributed by atoms with Crippen LogP contribution >= 0.6 is 0 Å². The van der Waals surface area contributed by atoms with Crippen LogP contribution in [0.15, 0.2) is 24.3 Å². The van der Waals surface area contributed by atoms with Gasteiger partial charge >= 0.3 is 25.5 Å². The van der Waals surface area contributed by atoms with E-state index in [9.17, 15) is 15.0 Å². The van der Waals surface area contributed by atoms with Crippen LogP contribution in [0.1, 0.15) is 150 Å². The van der Waals surface area contributed by atoms with Crippen molar-refractivity contribution in [3.63, 3.8) is 0 Å². The van der Waals surface area contributed by atoms with E-state index in [1.807, 2.05) is 0 Å². The Morgan fingerprint density at radius 1 is 0.804 bits per heavy atom. The first-order chi connectivity index (χ1) is 23.3. The summed E-state index contributed by atoms with van der Waals surface area (Å²) in [7, 11) is 0. The first-order valence-electron chi connectivity index (χ1n) is 18.7. The van der Waals surface area contributed by atoms with Gasteiger partial charge in [0.15, 0.2) is 0 Å². The van der Waals surface area contributed by atoms with Crippen LogP contribution in [0, 0.1) is 25.7 Å². The molecule has 0 unspecified atom stereocenters. The van der Waals surface area contributed by atoms with Crippen LogP contribution in [0.5, 0.6) is 11.5 Å². The monoisotopic (exact) mass is 752 g/mol. The molecule has 0 atom stereocenters. The van der Waals surface area contributed by atoms with Gasteiger partial charge in [-0.15, -0.1) is 6.54 Å². The molecule has 0 amide bonds. The summed E-state index contributed by atoms with van der Waals surface area (Å²) < 4.78 is 13.9. The molecule has 1 saturated heterocycles. The van der Waals surface area contributed by atoms with Crippen molar-refractivity contribution < 1.29 is 39.3 Å². The molecule has 0 aliphatic carbocycles. The van der Waals surface area contributed by atoms with E-state index in [-0.39, 0.29) is 34.0 Å². The summed E-state index contributed by atoms with van der Waals surface area (Å²) in [6, 6.07) is 8.31. The van der Waals surface area contributed by atoms with Crippen molar-refractivity contribution in [3.8, 4) is 11.5 Å². The molecule has 2 aromatic rings. The standard InChI is InChI=1S/C28H46NO3.C16H25O.Co.O/c1-11-29-27(7,8)17-22(18-28(29,9)10)32-24(30)13-12-20-15-21(14-19(2)3)25(31)23(16-20)26(4,5)6;1-7-12-9-13(8-11(2)3)15(17)14(10-12)16(4,5)6;;/h15-16,19,22,31H,1,11-14,17-18H2,2-10H3;9-11,17H,1,7-8H2,2-6H3;;/q2*-1;;. The van der Waals surface area contributed by atoms with E-state index in [4.69, 9.17) is 8.60 Å². The van der Waals surface area contributed by atoms with Gasteiger partial charge in [-0.3, -0.25) is 4.79 Å². The minimum atomic E-state index is -0.161. The van der Waals surface area contributed by atoms with E-state index in [2.05, 4.69) is 156 Å². The van der Waals surface area contributed by atoms with Crippen molar-refractivity contribution in [2.45, 2.75) is 170 Å². The van der Waals surface area contributed by atoms with Gasteiger partial charge in [-0.1, -0.05) is 99.1 Å². The summed E-state index contributed by atoms with van der Waals surface area (Å²) in [4.78, 5) is 15.2. The SMILES string of the molecule is [CH2-]CN1C(C)(C)CC(OC(=O)CCc2cc(CC(C)C)c(O)c(C(C)(C)C)c2)CC1(C)C.[CH2-]Cc1cc(CC(C)C)c(O)c(C(C)(C)C)c1.[O]=[Co]. The van der Waals surface area contributed by atoms with Gasteiger partial charge in [-0.2, -0.15) is 6.42 Å². The predicted molar refractivity (Wildman–Crippen MR) is 208 cm³/mol. The van der Waals surface area contributed by atoms with Crippen LogP contribution in [0.2, 0.25) is 0 Å². The Morgan fingerprint density at radius 2 is 1.20 bits per heavy atom. The number of rotatable bonds is 10. The van der Waals surface area contributed by atoms with Crippen molar-refractivity contribution in [2.75, 3.05) is 6.54 Å². The molecule has 6 nitrogen and oxygen atoms in total. The number of phenols is 2. The van der Waals surface area contributed by atoms with Gasteiger partial charge in [0.1, 0.15) is 17.6 Å². The van der Waals surface area contributed by atoms with Crippen molar-refractivity contribution in [2.24, 2.45) is 11.8 Å². The second-order valence-corrected chi connectivity index (χ2v) is 18.5. The summed E-state index contributed by atoms with van der Waals surface area (Å²) >= 11 is 2.31. The molecular formula is C44H71CoNO5-2. The molecule has 2 aromatic carbocycles. The van der Waals surface area contributed by atoms with Crippen LogP contribution < -0.4 is 0 Å². The second kappa shape index (κ2) is 19.2. The average Bonchev–Trinajstić information content (AvgIpc) is 2.97. The Kier molecular flexibility index (Phi) is 17.6. The molecule has 0 bridgehead atoms. The normalized spacial score (nSPS) is 16.3. The number of aryl methyl sites for hydroxylation is 1. The number of carbonyl (C=O) groups excluding carboxylic acids is 1. The molecule has 7 heteroatoms. The number of carbonyl (C=O) groups is 1. The number of hydrogen-bond donors (Lipinski definition) is 2. The fourth-order valence-corrected chi connectivity index (χ4v) is 7.55. The summed E-state index contributed by atoms with van der Waals surface area (Å²) in [6.07, 6.45) is 5.06. The fourth-order valence-electron chi connectivity index (χ4n) is 7.55. The zero-order chi connectivity index (χ0) is 39.7. The van der Waals surface area contributed by atoms with E-state index >= 15 is 0 Å². The third-order valence-corrected chi connectivity index (χ3v) is 9.71. The average molecular weight is 753 g/mol. The number of benzene rings is 2. The Hall–Kier alpha value is -2.22. The molecule has 1 fully saturated rings. The van der Waals surface area contributed by atoms with Crippen molar-refractivity contribution in [1.82, 2.24) is 4.90 Å². The Bertz CT molecular complexity index is 1400. The molecule has 3 rings (SSSR count). The van der Waals surface area contributed by atoms with E-state index in [0.717, 1.165) is 66.5 Å². The zero-order valence-electron chi connectivity index (χ0n) is 34.5. The van der Waals surface area contributed by atoms with Crippen LogP contribution in [0.4, 0.5) is 0 Å². The van der Waals surface area contributed by atoms with E-state index in [1.54, 1.807) is 0 Å². The van der Waals surface area contributed by atoms with Crippen LogP contribution in [-0.4, -0.2) is 44.8 Å². The molecule has 2 N–H and O–H groups in total. The minimum absolute atomic E-state index is 0.0268. The van der Waals surface area contributed by atoms with Gasteiger partial charge in [-0.25, -0.2) is 0 Å². The summed E-state index contributed by atoms with van der Waals surface area (Å²) in [5, 5.41) is 21.2. The van der Waals surface area contributed by atoms with Gasteiger partial charge in [-0.05, 0) is 97.4 Å². The number of ether oxygens (including phenoxy) is 1. The topological polar surface area (TPSA) is 87.1 Å². The molecule has 1 aliphatic heterocycles. The number of esters is 1. The first kappa shape index (κ1) is 46.8. The molecule has 1 aliphatic rings. The molecule has 0 aromatic heterocycles. The van der Waals surface area contributed by atoms with E-state index < -0.39 is 0 Å². The Labute approximate surface area is 320 Å². The number of nitrogens with zero attached hydrogens (tertiary/aromatic N) is 1. The van der Waals surface area contributed by atoms with Gasteiger partial charge in [0, 0.05) is 30.3 Å². The number of hydrogen-bond acceptors (Lipinski definition) is 6. The van der Waals surface area contributed by atoms with Crippen LogP contribution in [0.3, 0.4) is 0 Å². The summed E-state index contributed by atoms with van der Waals surface area (Å²) in [5.41, 5.74) is 6.02. The van der Waals surface area contributed by atoms with Gasteiger partial charge in [0.25, 0.3) is 0 Å². The van der Waals surface area contributed by atoms with Crippen molar-refractivity contribution >= 4 is 5.97 Å². The molecule has 0 radical (unpaired) electrons. The Balaban J connectivity index is 0.000000576. The van der Waals surface area contributed by atoms with Crippen LogP contribution in [-0.2, 0) is 65.6 Å².